The number of benzene rings is 1. The number of ether oxygens (including phenoxy) is 3. The minimum Gasteiger partial charge on any atom is -0.361 e. The number of Topliss-reactive ketones (excluding diaryl/α,β-unsaturated/α-hetero) is 2. The van der Waals surface area contributed by atoms with Gasteiger partial charge in [-0.15, -0.1) is 0 Å². The minimum absolute atomic E-state index is 0.0399. The highest BCUT2D eigenvalue weighted by molar-refractivity contribution is 5.99. The molecule has 0 aliphatic carbocycles. The van der Waals surface area contributed by atoms with E-state index in [1.807, 2.05) is 0 Å². The van der Waals surface area contributed by atoms with Crippen molar-refractivity contribution in [3.8, 4) is 0 Å². The van der Waals surface area contributed by atoms with E-state index in [9.17, 15) is 36.7 Å². The van der Waals surface area contributed by atoms with Crippen molar-refractivity contribution >= 4 is 23.4 Å². The standard InChI is InChI=1S/C26H29F4N3O8/c1-14-8-20(41-33-14)23(37)32-18(12-39-25(29)30)19(34)10-16(11-38-24(27)28)22(36)31-17(21(35)26(2)13-40-26)9-15-6-4-3-5-7-15/h3-8,16-18,24-25H,9-13H2,1-2H3,(H,31,36)(H,32,37)/t16-,17-,18-,26+/m0/s1. The molecule has 2 N–H and O–H groups in total. The molecular formula is C26H29F4N3O8. The summed E-state index contributed by atoms with van der Waals surface area (Å²) < 4.78 is 69.7. The molecule has 1 aliphatic heterocycles. The van der Waals surface area contributed by atoms with Crippen LogP contribution in [0.5, 0.6) is 0 Å². The SMILES string of the molecule is Cc1cc(C(=O)N[C@@H](COC(F)F)C(=O)C[C@@H](COC(F)F)C(=O)N[C@@H](Cc2ccccc2)C(=O)[C@@]2(C)CO2)on1. The maximum Gasteiger partial charge on any atom is 0.345 e. The molecule has 0 radical (unpaired) electrons. The number of rotatable bonds is 17. The van der Waals surface area contributed by atoms with Gasteiger partial charge in [0.05, 0.1) is 37.5 Å². The Morgan fingerprint density at radius 1 is 1.00 bits per heavy atom. The molecular weight excluding hydrogens is 558 g/mol. The summed E-state index contributed by atoms with van der Waals surface area (Å²) in [6, 6.07) is 7.00. The molecule has 11 nitrogen and oxygen atoms in total. The Balaban J connectivity index is 1.77. The van der Waals surface area contributed by atoms with E-state index in [0.29, 0.717) is 11.3 Å². The van der Waals surface area contributed by atoms with Crippen LogP contribution < -0.4 is 10.6 Å². The highest BCUT2D eigenvalue weighted by atomic mass is 19.3. The lowest BCUT2D eigenvalue weighted by Gasteiger charge is -2.24. The molecule has 4 atom stereocenters. The van der Waals surface area contributed by atoms with Gasteiger partial charge in [-0.25, -0.2) is 0 Å². The monoisotopic (exact) mass is 587 g/mol. The predicted octanol–water partition coefficient (Wildman–Crippen LogP) is 2.22. The van der Waals surface area contributed by atoms with Crippen LogP contribution in [0.1, 0.15) is 35.2 Å². The molecule has 0 unspecified atom stereocenters. The Morgan fingerprint density at radius 2 is 1.63 bits per heavy atom. The number of aryl methyl sites for hydroxylation is 1. The highest BCUT2D eigenvalue weighted by Gasteiger charge is 2.50. The van der Waals surface area contributed by atoms with Gasteiger partial charge in [-0.3, -0.25) is 19.2 Å². The molecule has 2 aromatic rings. The number of nitrogens with one attached hydrogen (secondary N) is 2. The fraction of sp³-hybridized carbons (Fsp3) is 0.500. The highest BCUT2D eigenvalue weighted by Crippen LogP contribution is 2.29. The Labute approximate surface area is 231 Å². The van der Waals surface area contributed by atoms with Crippen molar-refractivity contribution in [3.63, 3.8) is 0 Å². The van der Waals surface area contributed by atoms with E-state index in [1.54, 1.807) is 30.3 Å². The molecule has 3 rings (SSSR count). The van der Waals surface area contributed by atoms with Gasteiger partial charge in [-0.05, 0) is 25.8 Å². The molecule has 2 heterocycles. The lowest BCUT2D eigenvalue weighted by molar-refractivity contribution is -0.155. The third-order valence-electron chi connectivity index (χ3n) is 6.19. The van der Waals surface area contributed by atoms with Crippen LogP contribution in [0, 0.1) is 12.8 Å². The molecule has 0 spiro atoms. The number of halogens is 4. The van der Waals surface area contributed by atoms with Gasteiger partial charge in [0.15, 0.2) is 11.6 Å². The molecule has 1 saturated heterocycles. The van der Waals surface area contributed by atoms with E-state index in [4.69, 9.17) is 9.26 Å². The number of hydrogen-bond donors (Lipinski definition) is 2. The second-order valence-corrected chi connectivity index (χ2v) is 9.55. The quantitative estimate of drug-likeness (QED) is 0.210. The van der Waals surface area contributed by atoms with Crippen molar-refractivity contribution in [3.05, 3.63) is 53.4 Å². The molecule has 224 valence electrons. The second-order valence-electron chi connectivity index (χ2n) is 9.55. The topological polar surface area (TPSA) is 149 Å². The van der Waals surface area contributed by atoms with Crippen molar-refractivity contribution in [2.75, 3.05) is 19.8 Å². The van der Waals surface area contributed by atoms with Gasteiger partial charge in [-0.2, -0.15) is 17.6 Å². The average molecular weight is 588 g/mol. The molecule has 1 aliphatic rings. The number of nitrogens with zero attached hydrogens (tertiary/aromatic N) is 1. The molecule has 1 aromatic carbocycles. The first-order valence-electron chi connectivity index (χ1n) is 12.5. The van der Waals surface area contributed by atoms with E-state index in [0.717, 1.165) is 0 Å². The maximum atomic E-state index is 13.2. The summed E-state index contributed by atoms with van der Waals surface area (Å²) in [7, 11) is 0. The van der Waals surface area contributed by atoms with Crippen LogP contribution in [0.25, 0.3) is 0 Å². The lowest BCUT2D eigenvalue weighted by atomic mass is 9.93. The fourth-order valence-electron chi connectivity index (χ4n) is 3.85. The molecule has 0 bridgehead atoms. The number of carbonyl (C=O) groups excluding carboxylic acids is 4. The summed E-state index contributed by atoms with van der Waals surface area (Å²) in [5.41, 5.74) is -0.132. The van der Waals surface area contributed by atoms with E-state index < -0.39 is 79.8 Å². The smallest absolute Gasteiger partial charge is 0.345 e. The first-order chi connectivity index (χ1) is 19.4. The van der Waals surface area contributed by atoms with Crippen LogP contribution in [0.15, 0.2) is 40.9 Å². The number of alkyl halides is 4. The summed E-state index contributed by atoms with van der Waals surface area (Å²) >= 11 is 0. The van der Waals surface area contributed by atoms with Gasteiger partial charge in [-0.1, -0.05) is 35.5 Å². The van der Waals surface area contributed by atoms with Gasteiger partial charge in [0.2, 0.25) is 11.7 Å². The summed E-state index contributed by atoms with van der Waals surface area (Å²) in [6.07, 6.45) is -0.788. The van der Waals surface area contributed by atoms with Crippen LogP contribution in [0.3, 0.4) is 0 Å². The van der Waals surface area contributed by atoms with Crippen molar-refractivity contribution in [2.45, 2.75) is 57.6 Å². The molecule has 0 saturated carbocycles. The second kappa shape index (κ2) is 14.3. The van der Waals surface area contributed by atoms with E-state index in [1.165, 1.54) is 19.9 Å². The van der Waals surface area contributed by atoms with Gasteiger partial charge in [0.25, 0.3) is 5.91 Å². The van der Waals surface area contributed by atoms with Crippen LogP contribution >= 0.6 is 0 Å². The van der Waals surface area contributed by atoms with Crippen molar-refractivity contribution in [2.24, 2.45) is 5.92 Å². The number of amides is 2. The maximum absolute atomic E-state index is 13.2. The first-order valence-corrected chi connectivity index (χ1v) is 12.5. The van der Waals surface area contributed by atoms with Gasteiger partial charge < -0.3 is 29.4 Å². The summed E-state index contributed by atoms with van der Waals surface area (Å²) in [6.45, 7) is -5.37. The number of hydrogen-bond acceptors (Lipinski definition) is 9. The molecule has 15 heteroatoms. The Bertz CT molecular complexity index is 1210. The van der Waals surface area contributed by atoms with Crippen LogP contribution in [-0.2, 0) is 35.0 Å². The van der Waals surface area contributed by atoms with Crippen molar-refractivity contribution in [1.29, 1.82) is 0 Å². The Hall–Kier alpha value is -3.69. The van der Waals surface area contributed by atoms with E-state index in [2.05, 4.69) is 25.3 Å². The van der Waals surface area contributed by atoms with Gasteiger partial charge in [0, 0.05) is 12.5 Å². The molecule has 1 fully saturated rings. The molecule has 41 heavy (non-hydrogen) atoms. The Morgan fingerprint density at radius 3 is 2.20 bits per heavy atom. The normalized spacial score (nSPS) is 18.5. The van der Waals surface area contributed by atoms with Crippen molar-refractivity contribution in [1.82, 2.24) is 15.8 Å². The number of epoxide rings is 1. The summed E-state index contributed by atoms with van der Waals surface area (Å²) in [4.78, 5) is 51.8. The zero-order chi connectivity index (χ0) is 30.2. The van der Waals surface area contributed by atoms with Crippen molar-refractivity contribution < 1.29 is 55.5 Å². The summed E-state index contributed by atoms with van der Waals surface area (Å²) in [5.74, 6) is -5.36. The molecule has 1 aromatic heterocycles. The predicted molar refractivity (Wildman–Crippen MR) is 131 cm³/mol. The number of ketones is 2. The van der Waals surface area contributed by atoms with Crippen LogP contribution in [-0.4, -0.2) is 79.3 Å². The van der Waals surface area contributed by atoms with Crippen LogP contribution in [0.4, 0.5) is 17.6 Å². The van der Waals surface area contributed by atoms with Gasteiger partial charge >= 0.3 is 13.2 Å². The zero-order valence-electron chi connectivity index (χ0n) is 22.1. The Kier molecular flexibility index (Phi) is 11.1. The third-order valence-corrected chi connectivity index (χ3v) is 6.19. The number of aromatic nitrogens is 1. The number of carbonyl (C=O) groups is 4. The van der Waals surface area contributed by atoms with Crippen LogP contribution in [0.2, 0.25) is 0 Å². The third kappa shape index (κ3) is 9.72. The fourth-order valence-corrected chi connectivity index (χ4v) is 3.85. The van der Waals surface area contributed by atoms with E-state index in [-0.39, 0.29) is 18.8 Å². The van der Waals surface area contributed by atoms with E-state index >= 15 is 0 Å². The molecule has 2 amide bonds. The zero-order valence-corrected chi connectivity index (χ0v) is 22.1. The summed E-state index contributed by atoms with van der Waals surface area (Å²) in [5, 5.41) is 8.17. The first kappa shape index (κ1) is 31.8. The largest absolute Gasteiger partial charge is 0.361 e. The minimum atomic E-state index is -3.30. The average Bonchev–Trinajstić information content (AvgIpc) is 3.53. The van der Waals surface area contributed by atoms with Gasteiger partial charge in [0.1, 0.15) is 11.6 Å². The lowest BCUT2D eigenvalue weighted by Crippen LogP contribution is -2.51.